The van der Waals surface area contributed by atoms with Crippen LogP contribution in [0.1, 0.15) is 90.4 Å². The first-order chi connectivity index (χ1) is 8.43. The Labute approximate surface area is 111 Å². The molecule has 1 aliphatic rings. The van der Waals surface area contributed by atoms with Crippen LogP contribution in [0.2, 0.25) is 0 Å². The standard InChI is InChI=1S/C16H32P/c1-2-3-4-5-9-12-15-17-16-13-10-7-6-8-11-14-16/h16H,2-15H2,1H3. The summed E-state index contributed by atoms with van der Waals surface area (Å²) in [6.07, 6.45) is 20.8. The van der Waals surface area contributed by atoms with Crippen molar-refractivity contribution in [2.45, 2.75) is 96.1 Å². The average molecular weight is 255 g/mol. The Kier molecular flexibility index (Phi) is 10.5. The fraction of sp³-hybridized carbons (Fsp3) is 1.00. The number of rotatable bonds is 8. The minimum Gasteiger partial charge on any atom is -0.0775 e. The molecule has 0 aromatic rings. The van der Waals surface area contributed by atoms with Crippen LogP contribution in [0.15, 0.2) is 0 Å². The lowest BCUT2D eigenvalue weighted by molar-refractivity contribution is 0.510. The van der Waals surface area contributed by atoms with Gasteiger partial charge in [0.05, 0.1) is 0 Å². The third kappa shape index (κ3) is 9.06. The van der Waals surface area contributed by atoms with Crippen molar-refractivity contribution in [2.24, 2.45) is 0 Å². The normalized spacial score (nSPS) is 19.6. The molecule has 0 nitrogen and oxygen atoms in total. The summed E-state index contributed by atoms with van der Waals surface area (Å²) in [7, 11) is 1.78. The molecule has 0 unspecified atom stereocenters. The van der Waals surface area contributed by atoms with Crippen LogP contribution in [0.4, 0.5) is 0 Å². The molecule has 0 aliphatic heterocycles. The monoisotopic (exact) mass is 255 g/mol. The van der Waals surface area contributed by atoms with Crippen LogP contribution >= 0.6 is 8.58 Å². The summed E-state index contributed by atoms with van der Waals surface area (Å²) in [5, 5.41) is 0. The summed E-state index contributed by atoms with van der Waals surface area (Å²) in [4.78, 5) is 0. The van der Waals surface area contributed by atoms with Gasteiger partial charge in [-0.25, -0.2) is 0 Å². The maximum Gasteiger partial charge on any atom is -0.0170 e. The van der Waals surface area contributed by atoms with Gasteiger partial charge in [-0.3, -0.25) is 0 Å². The molecule has 1 heteroatoms. The minimum atomic E-state index is 1.06. The van der Waals surface area contributed by atoms with Gasteiger partial charge in [-0.15, -0.1) is 0 Å². The number of hydrogen-bond donors (Lipinski definition) is 0. The molecule has 0 spiro atoms. The van der Waals surface area contributed by atoms with E-state index >= 15 is 0 Å². The maximum atomic E-state index is 2.30. The van der Waals surface area contributed by atoms with Crippen LogP contribution < -0.4 is 0 Å². The second-order valence-corrected chi connectivity index (χ2v) is 7.22. The Morgan fingerprint density at radius 1 is 0.765 bits per heavy atom. The lowest BCUT2D eigenvalue weighted by Crippen LogP contribution is -2.04. The summed E-state index contributed by atoms with van der Waals surface area (Å²) in [6.45, 7) is 2.30. The Hall–Kier alpha value is 0.430. The second kappa shape index (κ2) is 11.5. The molecule has 0 amide bonds. The van der Waals surface area contributed by atoms with Gasteiger partial charge < -0.3 is 0 Å². The summed E-state index contributed by atoms with van der Waals surface area (Å²) < 4.78 is 0. The van der Waals surface area contributed by atoms with Gasteiger partial charge in [-0.05, 0) is 31.1 Å². The average Bonchev–Trinajstić information content (AvgIpc) is 2.30. The third-order valence-corrected chi connectivity index (χ3v) is 5.58. The van der Waals surface area contributed by atoms with Crippen LogP contribution in [-0.4, -0.2) is 11.8 Å². The molecule has 0 aromatic carbocycles. The van der Waals surface area contributed by atoms with E-state index in [1.54, 1.807) is 8.58 Å². The Morgan fingerprint density at radius 2 is 1.35 bits per heavy atom. The van der Waals surface area contributed by atoms with Gasteiger partial charge in [0.15, 0.2) is 0 Å². The molecule has 0 N–H and O–H groups in total. The smallest absolute Gasteiger partial charge is 0.0170 e. The lowest BCUT2D eigenvalue weighted by atomic mass is 10.0. The van der Waals surface area contributed by atoms with Crippen LogP contribution in [0.5, 0.6) is 0 Å². The Balaban J connectivity index is 1.90. The van der Waals surface area contributed by atoms with E-state index in [-0.39, 0.29) is 0 Å². The van der Waals surface area contributed by atoms with Crippen molar-refractivity contribution in [1.29, 1.82) is 0 Å². The van der Waals surface area contributed by atoms with Gasteiger partial charge in [0.25, 0.3) is 0 Å². The summed E-state index contributed by atoms with van der Waals surface area (Å²) in [5.41, 5.74) is 1.06. The largest absolute Gasteiger partial charge is 0.0775 e. The van der Waals surface area contributed by atoms with E-state index in [2.05, 4.69) is 6.92 Å². The van der Waals surface area contributed by atoms with Crippen LogP contribution in [0.3, 0.4) is 0 Å². The maximum absolute atomic E-state index is 2.30. The molecule has 0 atom stereocenters. The van der Waals surface area contributed by atoms with Gasteiger partial charge >= 0.3 is 0 Å². The highest BCUT2D eigenvalue weighted by atomic mass is 31.1. The molecule has 0 saturated heterocycles. The first kappa shape index (κ1) is 15.5. The Morgan fingerprint density at radius 3 is 2.06 bits per heavy atom. The fourth-order valence-electron chi connectivity index (χ4n) is 2.78. The van der Waals surface area contributed by atoms with E-state index in [9.17, 15) is 0 Å². The number of hydrogen-bond acceptors (Lipinski definition) is 0. The van der Waals surface area contributed by atoms with Crippen molar-refractivity contribution in [1.82, 2.24) is 0 Å². The predicted molar refractivity (Wildman–Crippen MR) is 81.3 cm³/mol. The van der Waals surface area contributed by atoms with Crippen LogP contribution in [0, 0.1) is 0 Å². The van der Waals surface area contributed by atoms with Crippen LogP contribution in [-0.2, 0) is 0 Å². The highest BCUT2D eigenvalue weighted by Crippen LogP contribution is 2.32. The van der Waals surface area contributed by atoms with Gasteiger partial charge in [-0.2, -0.15) is 0 Å². The zero-order valence-electron chi connectivity index (χ0n) is 11.9. The first-order valence-corrected chi connectivity index (χ1v) is 9.25. The van der Waals surface area contributed by atoms with Crippen molar-refractivity contribution < 1.29 is 0 Å². The molecule has 1 saturated carbocycles. The van der Waals surface area contributed by atoms with Crippen molar-refractivity contribution in [2.75, 3.05) is 6.16 Å². The molecular formula is C16H32P. The molecule has 0 bridgehead atoms. The minimum absolute atomic E-state index is 1.06. The second-order valence-electron chi connectivity index (χ2n) is 5.67. The number of unbranched alkanes of at least 4 members (excludes halogenated alkanes) is 5. The van der Waals surface area contributed by atoms with E-state index in [4.69, 9.17) is 0 Å². The molecule has 0 aromatic heterocycles. The highest BCUT2D eigenvalue weighted by Gasteiger charge is 2.11. The molecule has 101 valence electrons. The zero-order valence-corrected chi connectivity index (χ0v) is 12.8. The van der Waals surface area contributed by atoms with Gasteiger partial charge in [0, 0.05) is 0 Å². The van der Waals surface area contributed by atoms with E-state index in [0.717, 1.165) is 5.66 Å². The molecule has 1 aliphatic carbocycles. The third-order valence-electron chi connectivity index (χ3n) is 3.97. The highest BCUT2D eigenvalue weighted by molar-refractivity contribution is 7.38. The SMILES string of the molecule is CCCCCCCC[P]C1CCCCCCC1. The molecule has 0 heterocycles. The fourth-order valence-corrected chi connectivity index (χ4v) is 4.28. The molecule has 17 heavy (non-hydrogen) atoms. The van der Waals surface area contributed by atoms with E-state index in [1.165, 1.54) is 89.6 Å². The Bertz CT molecular complexity index is 148. The lowest BCUT2D eigenvalue weighted by Gasteiger charge is -2.18. The molecular weight excluding hydrogens is 223 g/mol. The van der Waals surface area contributed by atoms with Crippen molar-refractivity contribution in [3.63, 3.8) is 0 Å². The van der Waals surface area contributed by atoms with Gasteiger partial charge in [-0.1, -0.05) is 79.7 Å². The van der Waals surface area contributed by atoms with E-state index in [0.29, 0.717) is 0 Å². The molecule has 1 radical (unpaired) electrons. The predicted octanol–water partition coefficient (Wildman–Crippen LogP) is 6.41. The summed E-state index contributed by atoms with van der Waals surface area (Å²) in [6, 6.07) is 0. The topological polar surface area (TPSA) is 0 Å². The molecule has 1 rings (SSSR count). The zero-order chi connectivity index (χ0) is 12.2. The van der Waals surface area contributed by atoms with Crippen molar-refractivity contribution in [3.05, 3.63) is 0 Å². The summed E-state index contributed by atoms with van der Waals surface area (Å²) >= 11 is 0. The van der Waals surface area contributed by atoms with Crippen molar-refractivity contribution >= 4 is 8.58 Å². The molecule has 1 fully saturated rings. The first-order valence-electron chi connectivity index (χ1n) is 8.10. The quantitative estimate of drug-likeness (QED) is 0.347. The van der Waals surface area contributed by atoms with Crippen molar-refractivity contribution in [3.8, 4) is 0 Å². The van der Waals surface area contributed by atoms with E-state index in [1.807, 2.05) is 0 Å². The van der Waals surface area contributed by atoms with Gasteiger partial charge in [0.1, 0.15) is 0 Å². The van der Waals surface area contributed by atoms with Gasteiger partial charge in [0.2, 0.25) is 0 Å². The van der Waals surface area contributed by atoms with Crippen LogP contribution in [0.25, 0.3) is 0 Å². The summed E-state index contributed by atoms with van der Waals surface area (Å²) in [5.74, 6) is 0. The van der Waals surface area contributed by atoms with E-state index < -0.39 is 0 Å².